The van der Waals surface area contributed by atoms with E-state index in [9.17, 15) is 4.79 Å². The second kappa shape index (κ2) is 7.37. The molecule has 3 heterocycles. The van der Waals surface area contributed by atoms with Gasteiger partial charge in [0.2, 0.25) is 0 Å². The van der Waals surface area contributed by atoms with Crippen molar-refractivity contribution in [2.24, 2.45) is 0 Å². The van der Waals surface area contributed by atoms with E-state index in [1.54, 1.807) is 36.6 Å². The van der Waals surface area contributed by atoms with E-state index < -0.39 is 0 Å². The van der Waals surface area contributed by atoms with E-state index in [-0.39, 0.29) is 5.91 Å². The van der Waals surface area contributed by atoms with Gasteiger partial charge in [-0.25, -0.2) is 4.98 Å². The van der Waals surface area contributed by atoms with Crippen LogP contribution >= 0.6 is 0 Å². The SMILES string of the molecule is Cc1ccc2nc(COc3ccc(C(=O)NCc4ccco4)cc3)cn2c1. The van der Waals surface area contributed by atoms with Crippen molar-refractivity contribution in [2.45, 2.75) is 20.1 Å². The summed E-state index contributed by atoms with van der Waals surface area (Å²) in [6, 6.07) is 14.6. The summed E-state index contributed by atoms with van der Waals surface area (Å²) in [7, 11) is 0. The average Bonchev–Trinajstić information content (AvgIpc) is 3.34. The molecule has 0 radical (unpaired) electrons. The van der Waals surface area contributed by atoms with Crippen molar-refractivity contribution >= 4 is 11.6 Å². The van der Waals surface area contributed by atoms with Crippen LogP contribution in [0.25, 0.3) is 5.65 Å². The standard InChI is InChI=1S/C21H19N3O3/c1-15-4-9-20-23-17(13-24(20)12-15)14-27-18-7-5-16(6-8-18)21(25)22-11-19-3-2-10-26-19/h2-10,12-13H,11,14H2,1H3,(H,22,25). The highest BCUT2D eigenvalue weighted by atomic mass is 16.5. The summed E-state index contributed by atoms with van der Waals surface area (Å²) in [5.74, 6) is 1.24. The molecule has 0 saturated carbocycles. The maximum Gasteiger partial charge on any atom is 0.251 e. The van der Waals surface area contributed by atoms with Crippen LogP contribution < -0.4 is 10.1 Å². The number of benzene rings is 1. The number of nitrogens with zero attached hydrogens (tertiary/aromatic N) is 2. The smallest absolute Gasteiger partial charge is 0.251 e. The fraction of sp³-hybridized carbons (Fsp3) is 0.143. The van der Waals surface area contributed by atoms with Gasteiger partial charge in [0.05, 0.1) is 18.5 Å². The van der Waals surface area contributed by atoms with Gasteiger partial charge in [-0.3, -0.25) is 4.79 Å². The predicted molar refractivity (Wildman–Crippen MR) is 101 cm³/mol. The van der Waals surface area contributed by atoms with Crippen LogP contribution in [0.15, 0.2) is 71.6 Å². The third-order valence-corrected chi connectivity index (χ3v) is 4.16. The largest absolute Gasteiger partial charge is 0.487 e. The molecule has 1 aromatic carbocycles. The Kier molecular flexibility index (Phi) is 4.61. The molecule has 0 aliphatic heterocycles. The number of furan rings is 1. The summed E-state index contributed by atoms with van der Waals surface area (Å²) in [6.07, 6.45) is 5.57. The Bertz CT molecular complexity index is 1050. The molecule has 0 spiro atoms. The number of rotatable bonds is 6. The Morgan fingerprint density at radius 2 is 2.00 bits per heavy atom. The number of carbonyl (C=O) groups excluding carboxylic acids is 1. The topological polar surface area (TPSA) is 68.8 Å². The minimum atomic E-state index is -0.159. The van der Waals surface area contributed by atoms with Crippen molar-refractivity contribution in [3.63, 3.8) is 0 Å². The van der Waals surface area contributed by atoms with E-state index in [2.05, 4.69) is 10.3 Å². The second-order valence-electron chi connectivity index (χ2n) is 6.28. The zero-order valence-electron chi connectivity index (χ0n) is 14.9. The third-order valence-electron chi connectivity index (χ3n) is 4.16. The molecule has 0 atom stereocenters. The van der Waals surface area contributed by atoms with Crippen molar-refractivity contribution in [2.75, 3.05) is 0 Å². The van der Waals surface area contributed by atoms with Gasteiger partial charge in [0, 0.05) is 18.0 Å². The first kappa shape index (κ1) is 16.9. The lowest BCUT2D eigenvalue weighted by Gasteiger charge is -2.06. The number of hydrogen-bond acceptors (Lipinski definition) is 4. The van der Waals surface area contributed by atoms with Crippen LogP contribution in [-0.2, 0) is 13.2 Å². The number of pyridine rings is 1. The lowest BCUT2D eigenvalue weighted by Crippen LogP contribution is -2.22. The normalized spacial score (nSPS) is 10.9. The van der Waals surface area contributed by atoms with Gasteiger partial charge in [0.25, 0.3) is 5.91 Å². The van der Waals surface area contributed by atoms with Crippen molar-refractivity contribution < 1.29 is 13.9 Å². The Balaban J connectivity index is 1.34. The molecular weight excluding hydrogens is 342 g/mol. The number of ether oxygens (including phenoxy) is 1. The fourth-order valence-electron chi connectivity index (χ4n) is 2.77. The van der Waals surface area contributed by atoms with Crippen LogP contribution in [0.5, 0.6) is 5.75 Å². The Morgan fingerprint density at radius 3 is 2.78 bits per heavy atom. The average molecular weight is 361 g/mol. The van der Waals surface area contributed by atoms with Crippen LogP contribution in [0, 0.1) is 6.92 Å². The number of nitrogens with one attached hydrogen (secondary N) is 1. The first-order chi connectivity index (χ1) is 13.2. The molecule has 0 aliphatic rings. The summed E-state index contributed by atoms with van der Waals surface area (Å²) in [6.45, 7) is 2.77. The maximum absolute atomic E-state index is 12.2. The lowest BCUT2D eigenvalue weighted by atomic mass is 10.2. The molecule has 6 heteroatoms. The van der Waals surface area contributed by atoms with E-state index in [0.29, 0.717) is 30.2 Å². The number of aryl methyl sites for hydroxylation is 1. The molecule has 0 aliphatic carbocycles. The highest BCUT2D eigenvalue weighted by Gasteiger charge is 2.07. The number of aromatic nitrogens is 2. The molecule has 0 saturated heterocycles. The van der Waals surface area contributed by atoms with Crippen molar-refractivity contribution in [1.29, 1.82) is 0 Å². The zero-order chi connectivity index (χ0) is 18.6. The minimum Gasteiger partial charge on any atom is -0.487 e. The first-order valence-electron chi connectivity index (χ1n) is 8.65. The fourth-order valence-corrected chi connectivity index (χ4v) is 2.77. The number of hydrogen-bond donors (Lipinski definition) is 1. The van der Waals surface area contributed by atoms with Crippen molar-refractivity contribution in [3.8, 4) is 5.75 Å². The summed E-state index contributed by atoms with van der Waals surface area (Å²) in [5, 5.41) is 2.81. The van der Waals surface area contributed by atoms with E-state index in [1.807, 2.05) is 41.9 Å². The predicted octanol–water partition coefficient (Wildman–Crippen LogP) is 3.74. The van der Waals surface area contributed by atoms with Gasteiger partial charge in [-0.15, -0.1) is 0 Å². The molecule has 1 amide bonds. The quantitative estimate of drug-likeness (QED) is 0.568. The van der Waals surface area contributed by atoms with E-state index in [0.717, 1.165) is 11.3 Å². The molecule has 27 heavy (non-hydrogen) atoms. The minimum absolute atomic E-state index is 0.159. The first-order valence-corrected chi connectivity index (χ1v) is 8.65. The maximum atomic E-state index is 12.2. The van der Waals surface area contributed by atoms with E-state index >= 15 is 0 Å². The molecule has 1 N–H and O–H groups in total. The number of carbonyl (C=O) groups is 1. The summed E-state index contributed by atoms with van der Waals surface area (Å²) in [4.78, 5) is 16.7. The second-order valence-corrected chi connectivity index (χ2v) is 6.28. The Morgan fingerprint density at radius 1 is 1.15 bits per heavy atom. The molecular formula is C21H19N3O3. The molecule has 4 aromatic rings. The van der Waals surface area contributed by atoms with Gasteiger partial charge < -0.3 is 18.9 Å². The van der Waals surface area contributed by atoms with Gasteiger partial charge in [-0.05, 0) is 55.0 Å². The van der Waals surface area contributed by atoms with Gasteiger partial charge in [-0.2, -0.15) is 0 Å². The van der Waals surface area contributed by atoms with Gasteiger partial charge >= 0.3 is 0 Å². The molecule has 0 fully saturated rings. The lowest BCUT2D eigenvalue weighted by molar-refractivity contribution is 0.0948. The number of fused-ring (bicyclic) bond motifs is 1. The van der Waals surface area contributed by atoms with Crippen molar-refractivity contribution in [3.05, 3.63) is 89.8 Å². The van der Waals surface area contributed by atoms with E-state index in [4.69, 9.17) is 9.15 Å². The monoisotopic (exact) mass is 361 g/mol. The molecule has 136 valence electrons. The molecule has 0 unspecified atom stereocenters. The third kappa shape index (κ3) is 4.00. The summed E-state index contributed by atoms with van der Waals surface area (Å²) < 4.78 is 13.0. The number of amides is 1. The Labute approximate surface area is 156 Å². The summed E-state index contributed by atoms with van der Waals surface area (Å²) in [5.41, 5.74) is 3.48. The van der Waals surface area contributed by atoms with Crippen LogP contribution in [0.3, 0.4) is 0 Å². The molecule has 3 aromatic heterocycles. The molecule has 0 bridgehead atoms. The highest BCUT2D eigenvalue weighted by molar-refractivity contribution is 5.94. The van der Waals surface area contributed by atoms with Gasteiger partial charge in [0.15, 0.2) is 0 Å². The van der Waals surface area contributed by atoms with Crippen molar-refractivity contribution in [1.82, 2.24) is 14.7 Å². The van der Waals surface area contributed by atoms with E-state index in [1.165, 1.54) is 5.56 Å². The highest BCUT2D eigenvalue weighted by Crippen LogP contribution is 2.15. The zero-order valence-corrected chi connectivity index (χ0v) is 14.9. The van der Waals surface area contributed by atoms with Crippen LogP contribution in [0.2, 0.25) is 0 Å². The number of imidazole rings is 1. The molecule has 6 nitrogen and oxygen atoms in total. The van der Waals surface area contributed by atoms with Crippen LogP contribution in [0.4, 0.5) is 0 Å². The molecule has 4 rings (SSSR count). The summed E-state index contributed by atoms with van der Waals surface area (Å²) >= 11 is 0. The van der Waals surface area contributed by atoms with Crippen LogP contribution in [-0.4, -0.2) is 15.3 Å². The van der Waals surface area contributed by atoms with Crippen LogP contribution in [0.1, 0.15) is 27.4 Å². The Hall–Kier alpha value is -3.54. The van der Waals surface area contributed by atoms with Gasteiger partial charge in [-0.1, -0.05) is 6.07 Å². The van der Waals surface area contributed by atoms with Gasteiger partial charge in [0.1, 0.15) is 23.8 Å².